The first-order chi connectivity index (χ1) is 12.7. The van der Waals surface area contributed by atoms with Crippen LogP contribution in [0.3, 0.4) is 0 Å². The Bertz CT molecular complexity index is 923. The van der Waals surface area contributed by atoms with Crippen molar-refractivity contribution in [2.24, 2.45) is 0 Å². The smallest absolute Gasteiger partial charge is 0.224 e. The maximum absolute atomic E-state index is 12.6. The van der Waals surface area contributed by atoms with Crippen LogP contribution in [0.25, 0.3) is 11.0 Å². The molecule has 5 nitrogen and oxygen atoms in total. The number of amides is 1. The summed E-state index contributed by atoms with van der Waals surface area (Å²) in [5.74, 6) is 0.245. The molecular formula is C20H22N4OS. The highest BCUT2D eigenvalue weighted by molar-refractivity contribution is 7.00. The first-order valence-corrected chi connectivity index (χ1v) is 9.68. The van der Waals surface area contributed by atoms with Crippen LogP contribution in [-0.2, 0) is 17.9 Å². The van der Waals surface area contributed by atoms with Gasteiger partial charge in [0.1, 0.15) is 11.0 Å². The number of fused-ring (bicyclic) bond motifs is 1. The van der Waals surface area contributed by atoms with Gasteiger partial charge in [-0.2, -0.15) is 8.75 Å². The van der Waals surface area contributed by atoms with Crippen LogP contribution in [0.2, 0.25) is 0 Å². The fraction of sp³-hybridized carbons (Fsp3) is 0.350. The molecule has 0 spiro atoms. The van der Waals surface area contributed by atoms with Gasteiger partial charge in [-0.3, -0.25) is 9.69 Å². The van der Waals surface area contributed by atoms with E-state index in [-0.39, 0.29) is 5.91 Å². The number of benzene rings is 2. The summed E-state index contributed by atoms with van der Waals surface area (Å²) in [5, 5.41) is 0. The summed E-state index contributed by atoms with van der Waals surface area (Å²) in [5.41, 5.74) is 5.61. The molecule has 0 bridgehead atoms. The number of rotatable bonds is 4. The topological polar surface area (TPSA) is 49.3 Å². The zero-order valence-electron chi connectivity index (χ0n) is 14.9. The maximum Gasteiger partial charge on any atom is 0.224 e. The Morgan fingerprint density at radius 2 is 1.85 bits per heavy atom. The minimum absolute atomic E-state index is 0.245. The van der Waals surface area contributed by atoms with E-state index >= 15 is 0 Å². The van der Waals surface area contributed by atoms with E-state index in [1.807, 2.05) is 23.1 Å². The van der Waals surface area contributed by atoms with Crippen LogP contribution in [0, 0.1) is 6.92 Å². The highest BCUT2D eigenvalue weighted by Crippen LogP contribution is 2.17. The van der Waals surface area contributed by atoms with Crippen LogP contribution in [0.5, 0.6) is 0 Å². The Kier molecular flexibility index (Phi) is 4.95. The average Bonchev–Trinajstić information content (AvgIpc) is 3.04. The third kappa shape index (κ3) is 3.76. The van der Waals surface area contributed by atoms with Gasteiger partial charge in [-0.05, 0) is 35.7 Å². The van der Waals surface area contributed by atoms with Gasteiger partial charge in [0.2, 0.25) is 5.91 Å². The van der Waals surface area contributed by atoms with Gasteiger partial charge in [0.05, 0.1) is 11.7 Å². The van der Waals surface area contributed by atoms with E-state index in [0.29, 0.717) is 13.0 Å². The molecule has 0 atom stereocenters. The minimum atomic E-state index is 0.245. The lowest BCUT2D eigenvalue weighted by molar-refractivity contribution is -0.130. The molecule has 2 aromatic carbocycles. The van der Waals surface area contributed by atoms with Gasteiger partial charge in [-0.1, -0.05) is 30.3 Å². The van der Waals surface area contributed by atoms with Gasteiger partial charge in [0.25, 0.3) is 0 Å². The Hall–Kier alpha value is -2.31. The molecule has 1 aliphatic heterocycles. The first-order valence-electron chi connectivity index (χ1n) is 8.95. The Labute approximate surface area is 157 Å². The standard InChI is InChI=1S/C20H22N4OS/c1-15-4-2-3-5-17(15)14-24-11-10-23(9-8-20(24)25)13-16-6-7-18-19(12-16)22-26-21-18/h2-7,12H,8-11,13-14H2,1H3. The lowest BCUT2D eigenvalue weighted by Crippen LogP contribution is -2.32. The van der Waals surface area contributed by atoms with Crippen molar-refractivity contribution < 1.29 is 4.79 Å². The second-order valence-corrected chi connectivity index (χ2v) is 7.38. The van der Waals surface area contributed by atoms with E-state index in [4.69, 9.17) is 0 Å². The van der Waals surface area contributed by atoms with Crippen molar-refractivity contribution in [3.63, 3.8) is 0 Å². The molecule has 1 fully saturated rings. The van der Waals surface area contributed by atoms with Gasteiger partial charge in [-0.25, -0.2) is 0 Å². The molecular weight excluding hydrogens is 344 g/mol. The van der Waals surface area contributed by atoms with Gasteiger partial charge < -0.3 is 4.90 Å². The lowest BCUT2D eigenvalue weighted by atomic mass is 10.1. The molecule has 0 radical (unpaired) electrons. The zero-order chi connectivity index (χ0) is 17.9. The quantitative estimate of drug-likeness (QED) is 0.711. The molecule has 1 aliphatic rings. The second-order valence-electron chi connectivity index (χ2n) is 6.86. The van der Waals surface area contributed by atoms with Crippen molar-refractivity contribution >= 4 is 28.7 Å². The fourth-order valence-corrected chi connectivity index (χ4v) is 3.93. The average molecular weight is 366 g/mol. The van der Waals surface area contributed by atoms with E-state index in [1.165, 1.54) is 28.4 Å². The predicted molar refractivity (Wildman–Crippen MR) is 104 cm³/mol. The molecule has 0 saturated carbocycles. The van der Waals surface area contributed by atoms with Crippen molar-refractivity contribution in [3.8, 4) is 0 Å². The molecule has 26 heavy (non-hydrogen) atoms. The number of aromatic nitrogens is 2. The van der Waals surface area contributed by atoms with Crippen molar-refractivity contribution in [1.29, 1.82) is 0 Å². The van der Waals surface area contributed by atoms with Gasteiger partial charge in [0.15, 0.2) is 0 Å². The van der Waals surface area contributed by atoms with Crippen LogP contribution in [0.4, 0.5) is 0 Å². The van der Waals surface area contributed by atoms with Crippen LogP contribution in [0.1, 0.15) is 23.1 Å². The molecule has 0 N–H and O–H groups in total. The number of aryl methyl sites for hydroxylation is 1. The number of carbonyl (C=O) groups is 1. The first kappa shape index (κ1) is 17.1. The van der Waals surface area contributed by atoms with Crippen molar-refractivity contribution in [1.82, 2.24) is 18.5 Å². The largest absolute Gasteiger partial charge is 0.337 e. The predicted octanol–water partition coefficient (Wildman–Crippen LogP) is 3.23. The molecule has 0 unspecified atom stereocenters. The van der Waals surface area contributed by atoms with Crippen molar-refractivity contribution in [3.05, 3.63) is 59.2 Å². The van der Waals surface area contributed by atoms with E-state index < -0.39 is 0 Å². The zero-order valence-corrected chi connectivity index (χ0v) is 15.7. The van der Waals surface area contributed by atoms with E-state index in [1.54, 1.807) is 0 Å². The highest BCUT2D eigenvalue weighted by Gasteiger charge is 2.21. The van der Waals surface area contributed by atoms with Crippen LogP contribution in [0.15, 0.2) is 42.5 Å². The molecule has 134 valence electrons. The summed E-state index contributed by atoms with van der Waals surface area (Å²) in [6.07, 6.45) is 0.576. The van der Waals surface area contributed by atoms with Crippen LogP contribution < -0.4 is 0 Å². The maximum atomic E-state index is 12.6. The molecule has 1 aromatic heterocycles. The molecule has 3 aromatic rings. The summed E-state index contributed by atoms with van der Waals surface area (Å²) in [7, 11) is 0. The molecule has 4 rings (SSSR count). The van der Waals surface area contributed by atoms with Crippen LogP contribution >= 0.6 is 11.7 Å². The Morgan fingerprint density at radius 3 is 2.73 bits per heavy atom. The number of hydrogen-bond donors (Lipinski definition) is 0. The van der Waals surface area contributed by atoms with E-state index in [0.717, 1.165) is 37.2 Å². The Balaban J connectivity index is 1.41. The molecule has 0 aliphatic carbocycles. The lowest BCUT2D eigenvalue weighted by Gasteiger charge is -2.23. The van der Waals surface area contributed by atoms with Crippen LogP contribution in [-0.4, -0.2) is 44.1 Å². The summed E-state index contributed by atoms with van der Waals surface area (Å²) >= 11 is 1.25. The van der Waals surface area contributed by atoms with Gasteiger partial charge in [0, 0.05) is 39.1 Å². The summed E-state index contributed by atoms with van der Waals surface area (Å²) in [6.45, 7) is 6.12. The number of nitrogens with zero attached hydrogens (tertiary/aromatic N) is 4. The van der Waals surface area contributed by atoms with Gasteiger partial charge in [-0.15, -0.1) is 0 Å². The molecule has 1 amide bonds. The monoisotopic (exact) mass is 366 g/mol. The second kappa shape index (κ2) is 7.51. The number of carbonyl (C=O) groups excluding carboxylic acids is 1. The highest BCUT2D eigenvalue weighted by atomic mass is 32.1. The fourth-order valence-electron chi connectivity index (χ4n) is 3.41. The van der Waals surface area contributed by atoms with Crippen molar-refractivity contribution in [2.75, 3.05) is 19.6 Å². The summed E-state index contributed by atoms with van der Waals surface area (Å²) in [4.78, 5) is 16.9. The van der Waals surface area contributed by atoms with E-state index in [9.17, 15) is 4.79 Å². The molecule has 1 saturated heterocycles. The van der Waals surface area contributed by atoms with Crippen molar-refractivity contribution in [2.45, 2.75) is 26.4 Å². The summed E-state index contributed by atoms with van der Waals surface area (Å²) < 4.78 is 8.57. The normalized spacial score (nSPS) is 16.2. The SMILES string of the molecule is Cc1ccccc1CN1CCN(Cc2ccc3nsnc3c2)CCC1=O. The van der Waals surface area contributed by atoms with E-state index in [2.05, 4.69) is 44.8 Å². The Morgan fingerprint density at radius 1 is 1.00 bits per heavy atom. The molecule has 6 heteroatoms. The molecule has 2 heterocycles. The minimum Gasteiger partial charge on any atom is -0.337 e. The third-order valence-corrected chi connectivity index (χ3v) is 5.58. The summed E-state index contributed by atoms with van der Waals surface area (Å²) in [6, 6.07) is 14.6. The number of hydrogen-bond acceptors (Lipinski definition) is 5. The van der Waals surface area contributed by atoms with Gasteiger partial charge >= 0.3 is 0 Å². The third-order valence-electron chi connectivity index (χ3n) is 5.03.